The summed E-state index contributed by atoms with van der Waals surface area (Å²) in [5.74, 6) is 1.06. The minimum atomic E-state index is 0.903. The summed E-state index contributed by atoms with van der Waals surface area (Å²) in [5.41, 5.74) is 6.18. The number of aromatic nitrogens is 2. The number of benzene rings is 2. The third-order valence-electron chi connectivity index (χ3n) is 3.99. The number of rotatable bonds is 6. The van der Waals surface area contributed by atoms with E-state index in [1.807, 2.05) is 0 Å². The van der Waals surface area contributed by atoms with Gasteiger partial charge in [0.15, 0.2) is 0 Å². The third-order valence-corrected chi connectivity index (χ3v) is 3.99. The lowest BCUT2D eigenvalue weighted by atomic mass is 10.1. The van der Waals surface area contributed by atoms with Gasteiger partial charge in [0.1, 0.15) is 5.82 Å². The maximum atomic E-state index is 4.65. The van der Waals surface area contributed by atoms with E-state index in [0.29, 0.717) is 0 Å². The zero-order valence-electron chi connectivity index (χ0n) is 13.3. The van der Waals surface area contributed by atoms with Gasteiger partial charge >= 0.3 is 0 Å². The minimum Gasteiger partial charge on any atom is -0.342 e. The molecule has 0 amide bonds. The predicted octanol–water partition coefficient (Wildman–Crippen LogP) is 3.77. The molecule has 0 spiro atoms. The Kier molecular flexibility index (Phi) is 4.54. The molecule has 3 heteroatoms. The second-order valence-electron chi connectivity index (χ2n) is 5.80. The molecule has 0 unspecified atom stereocenters. The summed E-state index contributed by atoms with van der Waals surface area (Å²) in [4.78, 5) is 8.07. The van der Waals surface area contributed by atoms with Crippen molar-refractivity contribution in [3.63, 3.8) is 0 Å². The van der Waals surface area contributed by atoms with Gasteiger partial charge in [-0.1, -0.05) is 42.8 Å². The van der Waals surface area contributed by atoms with Crippen LogP contribution in [-0.2, 0) is 19.4 Å². The molecule has 3 nitrogen and oxygen atoms in total. The topological polar surface area (TPSA) is 40.7 Å². The molecule has 2 aromatic carbocycles. The normalized spacial score (nSPS) is 11.2. The molecular weight excluding hydrogens is 270 g/mol. The number of fused-ring (bicyclic) bond motifs is 1. The van der Waals surface area contributed by atoms with Crippen molar-refractivity contribution in [2.75, 3.05) is 6.54 Å². The summed E-state index contributed by atoms with van der Waals surface area (Å²) in [7, 11) is 0. The highest BCUT2D eigenvalue weighted by Crippen LogP contribution is 2.14. The van der Waals surface area contributed by atoms with Gasteiger partial charge in [-0.05, 0) is 36.6 Å². The quantitative estimate of drug-likeness (QED) is 0.679. The van der Waals surface area contributed by atoms with E-state index in [2.05, 4.69) is 71.6 Å². The number of hydrogen-bond donors (Lipinski definition) is 2. The molecule has 0 radical (unpaired) electrons. The standard InChI is InChI=1S/C19H23N3/c1-3-15-8-9-17-18(12-15)22-19(21-17)10-11-20-13-16-6-4-14(2)5-7-16/h4-9,12,20H,3,10-11,13H2,1-2H3,(H,21,22). The van der Waals surface area contributed by atoms with Gasteiger partial charge in [-0.3, -0.25) is 0 Å². The van der Waals surface area contributed by atoms with E-state index in [-0.39, 0.29) is 0 Å². The van der Waals surface area contributed by atoms with E-state index < -0.39 is 0 Å². The van der Waals surface area contributed by atoms with Crippen molar-refractivity contribution >= 4 is 11.0 Å². The average molecular weight is 293 g/mol. The molecular formula is C19H23N3. The zero-order chi connectivity index (χ0) is 15.4. The highest BCUT2D eigenvalue weighted by atomic mass is 14.9. The number of aromatic amines is 1. The Balaban J connectivity index is 1.54. The van der Waals surface area contributed by atoms with Crippen LogP contribution >= 0.6 is 0 Å². The monoisotopic (exact) mass is 293 g/mol. The fourth-order valence-electron chi connectivity index (χ4n) is 2.59. The maximum Gasteiger partial charge on any atom is 0.108 e. The fourth-order valence-corrected chi connectivity index (χ4v) is 2.59. The predicted molar refractivity (Wildman–Crippen MR) is 92.1 cm³/mol. The van der Waals surface area contributed by atoms with Crippen molar-refractivity contribution in [1.82, 2.24) is 15.3 Å². The van der Waals surface area contributed by atoms with Crippen molar-refractivity contribution in [3.05, 3.63) is 65.0 Å². The molecule has 0 aliphatic heterocycles. The zero-order valence-corrected chi connectivity index (χ0v) is 13.3. The molecule has 1 aromatic heterocycles. The number of H-pyrrole nitrogens is 1. The van der Waals surface area contributed by atoms with Crippen LogP contribution < -0.4 is 5.32 Å². The van der Waals surface area contributed by atoms with Crippen LogP contribution in [0.4, 0.5) is 0 Å². The summed E-state index contributed by atoms with van der Waals surface area (Å²) in [6.07, 6.45) is 1.98. The Morgan fingerprint density at radius 1 is 1.05 bits per heavy atom. The molecule has 1 heterocycles. The van der Waals surface area contributed by atoms with Crippen LogP contribution in [0.2, 0.25) is 0 Å². The van der Waals surface area contributed by atoms with Gasteiger partial charge in [-0.2, -0.15) is 0 Å². The second-order valence-corrected chi connectivity index (χ2v) is 5.80. The van der Waals surface area contributed by atoms with Gasteiger partial charge in [0, 0.05) is 19.5 Å². The molecule has 2 N–H and O–H groups in total. The first-order valence-electron chi connectivity index (χ1n) is 7.98. The van der Waals surface area contributed by atoms with E-state index >= 15 is 0 Å². The highest BCUT2D eigenvalue weighted by molar-refractivity contribution is 5.75. The Labute approximate surface area is 131 Å². The Morgan fingerprint density at radius 2 is 1.82 bits per heavy atom. The number of aryl methyl sites for hydroxylation is 2. The molecule has 3 rings (SSSR count). The van der Waals surface area contributed by atoms with Gasteiger partial charge < -0.3 is 10.3 Å². The van der Waals surface area contributed by atoms with E-state index in [1.165, 1.54) is 16.7 Å². The van der Waals surface area contributed by atoms with E-state index in [9.17, 15) is 0 Å². The van der Waals surface area contributed by atoms with Crippen molar-refractivity contribution in [1.29, 1.82) is 0 Å². The Hall–Kier alpha value is -2.13. The van der Waals surface area contributed by atoms with Crippen LogP contribution in [-0.4, -0.2) is 16.5 Å². The lowest BCUT2D eigenvalue weighted by Gasteiger charge is -2.04. The van der Waals surface area contributed by atoms with Gasteiger partial charge in [0.05, 0.1) is 11.0 Å². The molecule has 3 aromatic rings. The van der Waals surface area contributed by atoms with Crippen LogP contribution in [0.15, 0.2) is 42.5 Å². The molecule has 0 saturated carbocycles. The lowest BCUT2D eigenvalue weighted by Crippen LogP contribution is -2.17. The first-order valence-corrected chi connectivity index (χ1v) is 7.98. The fraction of sp³-hybridized carbons (Fsp3) is 0.316. The van der Waals surface area contributed by atoms with Crippen LogP contribution in [0.3, 0.4) is 0 Å². The Morgan fingerprint density at radius 3 is 2.59 bits per heavy atom. The molecule has 22 heavy (non-hydrogen) atoms. The first-order chi connectivity index (χ1) is 10.7. The SMILES string of the molecule is CCc1ccc2nc(CCNCc3ccc(C)cc3)[nH]c2c1. The number of nitrogens with zero attached hydrogens (tertiary/aromatic N) is 1. The highest BCUT2D eigenvalue weighted by Gasteiger charge is 2.03. The maximum absolute atomic E-state index is 4.65. The molecule has 0 saturated heterocycles. The van der Waals surface area contributed by atoms with Gasteiger partial charge in [0.2, 0.25) is 0 Å². The largest absolute Gasteiger partial charge is 0.342 e. The summed E-state index contributed by atoms with van der Waals surface area (Å²) in [6.45, 7) is 6.12. The first kappa shape index (κ1) is 14.8. The number of hydrogen-bond acceptors (Lipinski definition) is 2. The van der Waals surface area contributed by atoms with Crippen molar-refractivity contribution in [2.24, 2.45) is 0 Å². The smallest absolute Gasteiger partial charge is 0.108 e. The van der Waals surface area contributed by atoms with E-state index in [0.717, 1.165) is 42.8 Å². The van der Waals surface area contributed by atoms with E-state index in [4.69, 9.17) is 0 Å². The van der Waals surface area contributed by atoms with Crippen LogP contribution in [0.5, 0.6) is 0 Å². The van der Waals surface area contributed by atoms with Crippen molar-refractivity contribution in [2.45, 2.75) is 33.2 Å². The lowest BCUT2D eigenvalue weighted by molar-refractivity contribution is 0.675. The van der Waals surface area contributed by atoms with E-state index in [1.54, 1.807) is 0 Å². The number of imidazole rings is 1. The van der Waals surface area contributed by atoms with Crippen LogP contribution in [0.25, 0.3) is 11.0 Å². The molecule has 0 atom stereocenters. The van der Waals surface area contributed by atoms with Crippen LogP contribution in [0.1, 0.15) is 29.4 Å². The van der Waals surface area contributed by atoms with Crippen molar-refractivity contribution in [3.8, 4) is 0 Å². The van der Waals surface area contributed by atoms with Gasteiger partial charge in [-0.15, -0.1) is 0 Å². The molecule has 0 bridgehead atoms. The third kappa shape index (κ3) is 3.55. The van der Waals surface area contributed by atoms with Crippen LogP contribution in [0, 0.1) is 6.92 Å². The van der Waals surface area contributed by atoms with Gasteiger partial charge in [-0.25, -0.2) is 4.98 Å². The second kappa shape index (κ2) is 6.75. The summed E-state index contributed by atoms with van der Waals surface area (Å²) in [6, 6.07) is 15.1. The number of nitrogens with one attached hydrogen (secondary N) is 2. The minimum absolute atomic E-state index is 0.903. The summed E-state index contributed by atoms with van der Waals surface area (Å²) < 4.78 is 0. The van der Waals surface area contributed by atoms with Crippen molar-refractivity contribution < 1.29 is 0 Å². The molecule has 0 aliphatic carbocycles. The summed E-state index contributed by atoms with van der Waals surface area (Å²) >= 11 is 0. The Bertz CT molecular complexity index is 741. The molecule has 0 aliphatic rings. The molecule has 0 fully saturated rings. The average Bonchev–Trinajstić information content (AvgIpc) is 2.95. The summed E-state index contributed by atoms with van der Waals surface area (Å²) in [5, 5.41) is 3.48. The molecule has 114 valence electrons. The van der Waals surface area contributed by atoms with Gasteiger partial charge in [0.25, 0.3) is 0 Å².